The minimum atomic E-state index is -0.222. The Morgan fingerprint density at radius 3 is 2.68 bits per heavy atom. The van der Waals surface area contributed by atoms with E-state index in [0.29, 0.717) is 16.0 Å². The van der Waals surface area contributed by atoms with Crippen LogP contribution in [0.2, 0.25) is 5.02 Å². The van der Waals surface area contributed by atoms with Crippen molar-refractivity contribution in [3.63, 3.8) is 0 Å². The van der Waals surface area contributed by atoms with Gasteiger partial charge in [0.1, 0.15) is 0 Å². The van der Waals surface area contributed by atoms with Crippen molar-refractivity contribution in [2.75, 3.05) is 0 Å². The molecule has 1 aromatic heterocycles. The van der Waals surface area contributed by atoms with E-state index in [9.17, 15) is 5.26 Å². The summed E-state index contributed by atoms with van der Waals surface area (Å²) in [7, 11) is 0. The molecule has 126 valence electrons. The predicted octanol–water partition coefficient (Wildman–Crippen LogP) is 5.21. The number of aromatic nitrogens is 3. The number of hydrogen-bond donors (Lipinski definition) is 0. The van der Waals surface area contributed by atoms with E-state index in [2.05, 4.69) is 48.3 Å². The van der Waals surface area contributed by atoms with Gasteiger partial charge < -0.3 is 0 Å². The van der Waals surface area contributed by atoms with Gasteiger partial charge >= 0.3 is 0 Å². The first kappa shape index (κ1) is 17.5. The van der Waals surface area contributed by atoms with Gasteiger partial charge in [-0.2, -0.15) is 5.26 Å². The highest BCUT2D eigenvalue weighted by Gasteiger charge is 2.19. The maximum atomic E-state index is 9.17. The Morgan fingerprint density at radius 2 is 1.96 bits per heavy atom. The molecule has 0 N–H and O–H groups in total. The van der Waals surface area contributed by atoms with Crippen LogP contribution >= 0.6 is 23.4 Å². The van der Waals surface area contributed by atoms with Crippen molar-refractivity contribution in [1.29, 1.82) is 5.26 Å². The minimum Gasteiger partial charge on any atom is -0.270 e. The van der Waals surface area contributed by atoms with Crippen LogP contribution < -0.4 is 0 Å². The van der Waals surface area contributed by atoms with E-state index < -0.39 is 0 Å². The second-order valence-electron chi connectivity index (χ2n) is 5.83. The molecule has 0 saturated heterocycles. The zero-order chi connectivity index (χ0) is 18.0. The summed E-state index contributed by atoms with van der Waals surface area (Å²) in [4.78, 5) is 0. The average Bonchev–Trinajstić information content (AvgIpc) is 3.00. The second kappa shape index (κ2) is 7.30. The van der Waals surface area contributed by atoms with Crippen LogP contribution in [0.3, 0.4) is 0 Å². The summed E-state index contributed by atoms with van der Waals surface area (Å²) in [5.74, 6) is 0.712. The van der Waals surface area contributed by atoms with Crippen LogP contribution in [0.15, 0.2) is 47.6 Å². The molecule has 0 aliphatic carbocycles. The Balaban J connectivity index is 2.23. The monoisotopic (exact) mass is 368 g/mol. The van der Waals surface area contributed by atoms with Gasteiger partial charge in [0.25, 0.3) is 0 Å². The van der Waals surface area contributed by atoms with Crippen LogP contribution in [0.25, 0.3) is 17.1 Å². The quantitative estimate of drug-likeness (QED) is 0.593. The summed E-state index contributed by atoms with van der Waals surface area (Å²) < 4.78 is 2.01. The number of rotatable bonds is 4. The Labute approximate surface area is 156 Å². The highest BCUT2D eigenvalue weighted by Crippen LogP contribution is 2.32. The van der Waals surface area contributed by atoms with Gasteiger partial charge in [-0.25, -0.2) is 0 Å². The van der Waals surface area contributed by atoms with Crippen LogP contribution in [0.1, 0.15) is 18.1 Å². The number of thioether (sulfide) groups is 1. The molecule has 3 aromatic rings. The number of hydrogen-bond acceptors (Lipinski definition) is 4. The van der Waals surface area contributed by atoms with E-state index in [1.165, 1.54) is 11.8 Å². The molecular formula is C19H17ClN4S. The zero-order valence-electron chi connectivity index (χ0n) is 14.2. The van der Waals surface area contributed by atoms with Gasteiger partial charge in [-0.1, -0.05) is 47.6 Å². The van der Waals surface area contributed by atoms with Gasteiger partial charge in [0.2, 0.25) is 0 Å². The smallest absolute Gasteiger partial charge is 0.197 e. The van der Waals surface area contributed by atoms with Crippen LogP contribution in [0, 0.1) is 25.2 Å². The van der Waals surface area contributed by atoms with Crippen molar-refractivity contribution in [3.05, 3.63) is 58.6 Å². The van der Waals surface area contributed by atoms with Crippen molar-refractivity contribution in [2.45, 2.75) is 31.2 Å². The molecule has 25 heavy (non-hydrogen) atoms. The molecule has 0 amide bonds. The first-order chi connectivity index (χ1) is 12.0. The Bertz CT molecular complexity index is 958. The number of aryl methyl sites for hydroxylation is 2. The van der Waals surface area contributed by atoms with Crippen molar-refractivity contribution < 1.29 is 0 Å². The van der Waals surface area contributed by atoms with Crippen LogP contribution in [-0.2, 0) is 0 Å². The van der Waals surface area contributed by atoms with Gasteiger partial charge in [0.05, 0.1) is 17.0 Å². The SMILES string of the molecule is Cc1ccc(C)c(-n2c(S[C@H](C)C#N)nnc2-c2cccc(Cl)c2)c1. The normalized spacial score (nSPS) is 12.0. The van der Waals surface area contributed by atoms with Crippen molar-refractivity contribution in [3.8, 4) is 23.1 Å². The molecule has 2 aromatic carbocycles. The van der Waals surface area contributed by atoms with Gasteiger partial charge in [-0.05, 0) is 50.1 Å². The lowest BCUT2D eigenvalue weighted by Gasteiger charge is -2.14. The van der Waals surface area contributed by atoms with Crippen molar-refractivity contribution in [1.82, 2.24) is 14.8 Å². The fraction of sp³-hybridized carbons (Fsp3) is 0.211. The number of nitrogens with zero attached hydrogens (tertiary/aromatic N) is 4. The third-order valence-electron chi connectivity index (χ3n) is 3.79. The molecule has 0 bridgehead atoms. The lowest BCUT2D eigenvalue weighted by atomic mass is 10.1. The van der Waals surface area contributed by atoms with Crippen molar-refractivity contribution in [2.24, 2.45) is 0 Å². The fourth-order valence-corrected chi connectivity index (χ4v) is 3.46. The fourth-order valence-electron chi connectivity index (χ4n) is 2.52. The molecule has 0 saturated carbocycles. The molecule has 4 nitrogen and oxygen atoms in total. The van der Waals surface area contributed by atoms with Gasteiger partial charge in [-0.3, -0.25) is 4.57 Å². The van der Waals surface area contributed by atoms with E-state index in [-0.39, 0.29) is 5.25 Å². The average molecular weight is 369 g/mol. The van der Waals surface area contributed by atoms with E-state index in [4.69, 9.17) is 11.6 Å². The Hall–Kier alpha value is -2.29. The maximum Gasteiger partial charge on any atom is 0.197 e. The van der Waals surface area contributed by atoms with Crippen LogP contribution in [-0.4, -0.2) is 20.0 Å². The summed E-state index contributed by atoms with van der Waals surface area (Å²) in [6.07, 6.45) is 0. The third-order valence-corrected chi connectivity index (χ3v) is 4.95. The summed E-state index contributed by atoms with van der Waals surface area (Å²) in [5, 5.41) is 19.0. The molecule has 0 spiro atoms. The molecule has 0 unspecified atom stereocenters. The first-order valence-electron chi connectivity index (χ1n) is 7.85. The summed E-state index contributed by atoms with van der Waals surface area (Å²) in [6.45, 7) is 5.96. The lowest BCUT2D eigenvalue weighted by Crippen LogP contribution is -2.04. The number of nitriles is 1. The van der Waals surface area contributed by atoms with Crippen molar-refractivity contribution >= 4 is 23.4 Å². The number of benzene rings is 2. The van der Waals surface area contributed by atoms with E-state index in [1.807, 2.05) is 35.8 Å². The van der Waals surface area contributed by atoms with Gasteiger partial charge in [0.15, 0.2) is 11.0 Å². The molecule has 0 radical (unpaired) electrons. The second-order valence-corrected chi connectivity index (χ2v) is 7.58. The summed E-state index contributed by atoms with van der Waals surface area (Å²) in [5.41, 5.74) is 4.15. The van der Waals surface area contributed by atoms with E-state index in [1.54, 1.807) is 0 Å². The highest BCUT2D eigenvalue weighted by molar-refractivity contribution is 8.00. The van der Waals surface area contributed by atoms with E-state index >= 15 is 0 Å². The molecule has 1 atom stereocenters. The van der Waals surface area contributed by atoms with E-state index in [0.717, 1.165) is 22.4 Å². The standard InChI is InChI=1S/C19H17ClN4S/c1-12-7-8-13(2)17(9-12)24-18(15-5-4-6-16(20)10-15)22-23-19(24)25-14(3)11-21/h4-10,14H,1-3H3/t14-/m1/s1. The summed E-state index contributed by atoms with van der Waals surface area (Å²) in [6, 6.07) is 16.0. The minimum absolute atomic E-state index is 0.222. The molecule has 0 aliphatic heterocycles. The maximum absolute atomic E-state index is 9.17. The predicted molar refractivity (Wildman–Crippen MR) is 102 cm³/mol. The Morgan fingerprint density at radius 1 is 1.16 bits per heavy atom. The zero-order valence-corrected chi connectivity index (χ0v) is 15.8. The number of halogens is 1. The molecule has 3 rings (SSSR count). The van der Waals surface area contributed by atoms with Gasteiger partial charge in [0, 0.05) is 10.6 Å². The lowest BCUT2D eigenvalue weighted by molar-refractivity contribution is 0.877. The molecule has 0 fully saturated rings. The molecule has 1 heterocycles. The van der Waals surface area contributed by atoms with Crippen LogP contribution in [0.5, 0.6) is 0 Å². The molecule has 0 aliphatic rings. The van der Waals surface area contributed by atoms with Crippen LogP contribution in [0.4, 0.5) is 0 Å². The third kappa shape index (κ3) is 3.71. The largest absolute Gasteiger partial charge is 0.270 e. The molecule has 6 heteroatoms. The van der Waals surface area contributed by atoms with Gasteiger partial charge in [-0.15, -0.1) is 10.2 Å². The molecular weight excluding hydrogens is 352 g/mol. The topological polar surface area (TPSA) is 54.5 Å². The Kier molecular flexibility index (Phi) is 5.12. The first-order valence-corrected chi connectivity index (χ1v) is 9.10. The highest BCUT2D eigenvalue weighted by atomic mass is 35.5. The summed E-state index contributed by atoms with van der Waals surface area (Å²) >= 11 is 7.55.